The van der Waals surface area contributed by atoms with Crippen LogP contribution in [0.25, 0.3) is 0 Å². The topological polar surface area (TPSA) is 75.4 Å². The maximum atomic E-state index is 13.1. The van der Waals surface area contributed by atoms with Gasteiger partial charge in [0, 0.05) is 29.9 Å². The molecule has 172 valence electrons. The molecule has 5 heteroatoms. The second-order valence-corrected chi connectivity index (χ2v) is 9.17. The summed E-state index contributed by atoms with van der Waals surface area (Å²) in [5.41, 5.74) is 9.71. The standard InChI is InChI=1S/C28H33N3O2/c1-28(2,3)24-16-14-21(15-17-24)26(32)30-25-13-8-7-12-23(25)20-31(19-9-18-29)27(33)22-10-5-4-6-11-22/h4-8,10-17H,9,18-20,29H2,1-3H3,(H,30,32). The van der Waals surface area contributed by atoms with Crippen LogP contribution in [-0.2, 0) is 12.0 Å². The minimum atomic E-state index is -0.175. The van der Waals surface area contributed by atoms with Crippen LogP contribution in [-0.4, -0.2) is 29.8 Å². The molecule has 0 aromatic heterocycles. The van der Waals surface area contributed by atoms with E-state index in [0.29, 0.717) is 42.9 Å². The van der Waals surface area contributed by atoms with E-state index in [1.165, 1.54) is 5.56 Å². The highest BCUT2D eigenvalue weighted by Crippen LogP contribution is 2.23. The first kappa shape index (κ1) is 24.2. The number of carbonyl (C=O) groups excluding carboxylic acids is 2. The average Bonchev–Trinajstić information content (AvgIpc) is 2.82. The quantitative estimate of drug-likeness (QED) is 0.501. The van der Waals surface area contributed by atoms with Crippen LogP contribution in [0, 0.1) is 0 Å². The summed E-state index contributed by atoms with van der Waals surface area (Å²) >= 11 is 0. The van der Waals surface area contributed by atoms with Gasteiger partial charge in [0.1, 0.15) is 0 Å². The van der Waals surface area contributed by atoms with Crippen LogP contribution < -0.4 is 11.1 Å². The van der Waals surface area contributed by atoms with Gasteiger partial charge in [-0.25, -0.2) is 0 Å². The first-order valence-electron chi connectivity index (χ1n) is 11.3. The molecule has 3 N–H and O–H groups in total. The Bertz CT molecular complexity index is 1070. The molecule has 0 unspecified atom stereocenters. The van der Waals surface area contributed by atoms with Crippen molar-refractivity contribution in [3.05, 3.63) is 101 Å². The van der Waals surface area contributed by atoms with Crippen molar-refractivity contribution in [1.82, 2.24) is 4.90 Å². The summed E-state index contributed by atoms with van der Waals surface area (Å²) in [4.78, 5) is 27.8. The van der Waals surface area contributed by atoms with Crippen molar-refractivity contribution in [2.75, 3.05) is 18.4 Å². The van der Waals surface area contributed by atoms with Gasteiger partial charge in [0.15, 0.2) is 0 Å². The van der Waals surface area contributed by atoms with Gasteiger partial charge in [0.2, 0.25) is 0 Å². The fourth-order valence-corrected chi connectivity index (χ4v) is 3.60. The molecule has 0 atom stereocenters. The molecule has 0 bridgehead atoms. The van der Waals surface area contributed by atoms with Gasteiger partial charge in [-0.1, -0.05) is 69.3 Å². The van der Waals surface area contributed by atoms with Gasteiger partial charge in [0.25, 0.3) is 11.8 Å². The number of amides is 2. The summed E-state index contributed by atoms with van der Waals surface area (Å²) in [6.45, 7) is 7.86. The van der Waals surface area contributed by atoms with Gasteiger partial charge in [-0.3, -0.25) is 9.59 Å². The Kier molecular flexibility index (Phi) is 8.01. The monoisotopic (exact) mass is 443 g/mol. The predicted octanol–water partition coefficient (Wildman–Crippen LogP) is 5.23. The Hall–Kier alpha value is -3.44. The highest BCUT2D eigenvalue weighted by atomic mass is 16.2. The molecule has 5 nitrogen and oxygen atoms in total. The molecule has 3 aromatic rings. The molecule has 0 saturated carbocycles. The molecule has 33 heavy (non-hydrogen) atoms. The first-order chi connectivity index (χ1) is 15.8. The Labute approximate surface area is 196 Å². The van der Waals surface area contributed by atoms with E-state index in [4.69, 9.17) is 5.73 Å². The zero-order valence-electron chi connectivity index (χ0n) is 19.7. The summed E-state index contributed by atoms with van der Waals surface area (Å²) in [5.74, 6) is -0.228. The average molecular weight is 444 g/mol. The molecule has 0 aliphatic heterocycles. The van der Waals surface area contributed by atoms with Gasteiger partial charge in [0.05, 0.1) is 0 Å². The third-order valence-corrected chi connectivity index (χ3v) is 5.58. The number of nitrogens with zero attached hydrogens (tertiary/aromatic N) is 1. The summed E-state index contributed by atoms with van der Waals surface area (Å²) < 4.78 is 0. The minimum absolute atomic E-state index is 0.0277. The van der Waals surface area contributed by atoms with Gasteiger partial charge in [-0.2, -0.15) is 0 Å². The van der Waals surface area contributed by atoms with E-state index in [1.54, 1.807) is 4.90 Å². The van der Waals surface area contributed by atoms with Crippen molar-refractivity contribution in [1.29, 1.82) is 0 Å². The maximum Gasteiger partial charge on any atom is 0.255 e. The van der Waals surface area contributed by atoms with Crippen LogP contribution in [0.3, 0.4) is 0 Å². The Morgan fingerprint density at radius 3 is 2.12 bits per heavy atom. The lowest BCUT2D eigenvalue weighted by atomic mass is 9.86. The SMILES string of the molecule is CC(C)(C)c1ccc(C(=O)Nc2ccccc2CN(CCCN)C(=O)c2ccccc2)cc1. The van der Waals surface area contributed by atoms with E-state index in [-0.39, 0.29) is 17.2 Å². The van der Waals surface area contributed by atoms with Crippen molar-refractivity contribution in [3.63, 3.8) is 0 Å². The molecule has 0 spiro atoms. The highest BCUT2D eigenvalue weighted by molar-refractivity contribution is 6.04. The van der Waals surface area contributed by atoms with Crippen molar-refractivity contribution in [3.8, 4) is 0 Å². The molecule has 0 heterocycles. The zero-order chi connectivity index (χ0) is 23.8. The molecule has 2 amide bonds. The molecule has 3 rings (SSSR count). The Balaban J connectivity index is 1.79. The van der Waals surface area contributed by atoms with Crippen molar-refractivity contribution in [2.45, 2.75) is 39.2 Å². The summed E-state index contributed by atoms with van der Waals surface area (Å²) in [7, 11) is 0. The smallest absolute Gasteiger partial charge is 0.255 e. The number of nitrogens with one attached hydrogen (secondary N) is 1. The number of benzene rings is 3. The van der Waals surface area contributed by atoms with Crippen LogP contribution in [0.5, 0.6) is 0 Å². The maximum absolute atomic E-state index is 13.1. The molecular formula is C28H33N3O2. The van der Waals surface area contributed by atoms with Crippen LogP contribution in [0.2, 0.25) is 0 Å². The van der Waals surface area contributed by atoms with Crippen molar-refractivity contribution >= 4 is 17.5 Å². The molecule has 0 aliphatic rings. The van der Waals surface area contributed by atoms with Crippen LogP contribution >= 0.6 is 0 Å². The number of anilines is 1. The summed E-state index contributed by atoms with van der Waals surface area (Å²) in [5, 5.41) is 3.02. The van der Waals surface area contributed by atoms with E-state index in [1.807, 2.05) is 78.9 Å². The second kappa shape index (κ2) is 10.9. The number of rotatable bonds is 8. The van der Waals surface area contributed by atoms with E-state index in [0.717, 1.165) is 5.56 Å². The van der Waals surface area contributed by atoms with Gasteiger partial charge < -0.3 is 16.0 Å². The van der Waals surface area contributed by atoms with Crippen LogP contribution in [0.4, 0.5) is 5.69 Å². The number of para-hydroxylation sites is 1. The fraction of sp³-hybridized carbons (Fsp3) is 0.286. The molecule has 0 fully saturated rings. The van der Waals surface area contributed by atoms with Crippen LogP contribution in [0.1, 0.15) is 59.0 Å². The number of hydrogen-bond donors (Lipinski definition) is 2. The van der Waals surface area contributed by atoms with E-state index in [9.17, 15) is 9.59 Å². The summed E-state index contributed by atoms with van der Waals surface area (Å²) in [6.07, 6.45) is 0.702. The third-order valence-electron chi connectivity index (χ3n) is 5.58. The lowest BCUT2D eigenvalue weighted by Crippen LogP contribution is -2.33. The molecular weight excluding hydrogens is 410 g/mol. The first-order valence-corrected chi connectivity index (χ1v) is 11.3. The molecule has 3 aromatic carbocycles. The zero-order valence-corrected chi connectivity index (χ0v) is 19.7. The molecule has 0 saturated heterocycles. The normalized spacial score (nSPS) is 11.2. The van der Waals surface area contributed by atoms with Gasteiger partial charge in [-0.15, -0.1) is 0 Å². The summed E-state index contributed by atoms with van der Waals surface area (Å²) in [6, 6.07) is 24.5. The van der Waals surface area contributed by atoms with Crippen molar-refractivity contribution in [2.24, 2.45) is 5.73 Å². The number of carbonyl (C=O) groups is 2. The van der Waals surface area contributed by atoms with E-state index < -0.39 is 0 Å². The van der Waals surface area contributed by atoms with Gasteiger partial charge in [-0.05, 0) is 59.8 Å². The van der Waals surface area contributed by atoms with Crippen molar-refractivity contribution < 1.29 is 9.59 Å². The molecule has 0 radical (unpaired) electrons. The molecule has 0 aliphatic carbocycles. The van der Waals surface area contributed by atoms with Crippen LogP contribution in [0.15, 0.2) is 78.9 Å². The highest BCUT2D eigenvalue weighted by Gasteiger charge is 2.18. The lowest BCUT2D eigenvalue weighted by molar-refractivity contribution is 0.0742. The minimum Gasteiger partial charge on any atom is -0.334 e. The predicted molar refractivity (Wildman–Crippen MR) is 134 cm³/mol. The Morgan fingerprint density at radius 1 is 0.848 bits per heavy atom. The Morgan fingerprint density at radius 2 is 1.48 bits per heavy atom. The fourth-order valence-electron chi connectivity index (χ4n) is 3.60. The van der Waals surface area contributed by atoms with E-state index in [2.05, 4.69) is 26.1 Å². The van der Waals surface area contributed by atoms with E-state index >= 15 is 0 Å². The number of nitrogens with two attached hydrogens (primary N) is 1. The third kappa shape index (κ3) is 6.53. The number of hydrogen-bond acceptors (Lipinski definition) is 3. The second-order valence-electron chi connectivity index (χ2n) is 9.17. The lowest BCUT2D eigenvalue weighted by Gasteiger charge is -2.24. The largest absolute Gasteiger partial charge is 0.334 e. The van der Waals surface area contributed by atoms with Gasteiger partial charge >= 0.3 is 0 Å².